The molecule has 1 atom stereocenters. The normalized spacial score (nSPS) is 11.9. The Balaban J connectivity index is 4.25. The summed E-state index contributed by atoms with van der Waals surface area (Å²) in [7, 11) is 0. The highest BCUT2D eigenvalue weighted by Crippen LogP contribution is 2.18. The van der Waals surface area contributed by atoms with E-state index in [1.165, 1.54) is 238 Å². The third-order valence-electron chi connectivity index (χ3n) is 13.4. The van der Waals surface area contributed by atoms with E-state index in [1.807, 2.05) is 0 Å². The van der Waals surface area contributed by atoms with Crippen LogP contribution in [0.25, 0.3) is 0 Å². The molecule has 0 aliphatic heterocycles. The Bertz CT molecular complexity index is 951. The number of carbonyl (C=O) groups is 3. The molecule has 0 fully saturated rings. The molecule has 0 saturated heterocycles. The molecule has 380 valence electrons. The van der Waals surface area contributed by atoms with E-state index in [4.69, 9.17) is 14.2 Å². The molecule has 6 heteroatoms. The van der Waals surface area contributed by atoms with Gasteiger partial charge in [-0.2, -0.15) is 0 Å². The van der Waals surface area contributed by atoms with Crippen molar-refractivity contribution >= 4 is 17.9 Å². The van der Waals surface area contributed by atoms with E-state index in [1.54, 1.807) is 0 Å². The van der Waals surface area contributed by atoms with Crippen molar-refractivity contribution < 1.29 is 28.6 Å². The molecule has 6 nitrogen and oxygen atoms in total. The predicted molar refractivity (Wildman–Crippen MR) is 275 cm³/mol. The molecule has 0 rings (SSSR count). The summed E-state index contributed by atoms with van der Waals surface area (Å²) in [4.78, 5) is 38.1. The quantitative estimate of drug-likeness (QED) is 0.0344. The molecule has 0 amide bonds. The molecular formula is C58H112O6. The minimum absolute atomic E-state index is 0.0611. The minimum atomic E-state index is -0.760. The van der Waals surface area contributed by atoms with Crippen molar-refractivity contribution in [3.63, 3.8) is 0 Å². The first-order chi connectivity index (χ1) is 31.5. The second kappa shape index (κ2) is 54.0. The third kappa shape index (κ3) is 51.4. The van der Waals surface area contributed by atoms with Gasteiger partial charge in [0.25, 0.3) is 0 Å². The van der Waals surface area contributed by atoms with Gasteiger partial charge in [-0.1, -0.05) is 297 Å². The van der Waals surface area contributed by atoms with E-state index in [9.17, 15) is 14.4 Å². The van der Waals surface area contributed by atoms with Crippen LogP contribution in [0.5, 0.6) is 0 Å². The summed E-state index contributed by atoms with van der Waals surface area (Å²) >= 11 is 0. The van der Waals surface area contributed by atoms with Crippen LogP contribution in [0.3, 0.4) is 0 Å². The first-order valence-electron chi connectivity index (χ1n) is 29.0. The van der Waals surface area contributed by atoms with Gasteiger partial charge >= 0.3 is 17.9 Å². The summed E-state index contributed by atoms with van der Waals surface area (Å²) in [5, 5.41) is 0. The van der Waals surface area contributed by atoms with Crippen molar-refractivity contribution in [2.45, 2.75) is 341 Å². The monoisotopic (exact) mass is 905 g/mol. The van der Waals surface area contributed by atoms with Crippen molar-refractivity contribution in [2.75, 3.05) is 13.2 Å². The van der Waals surface area contributed by atoms with Crippen LogP contribution in [-0.4, -0.2) is 37.2 Å². The second-order valence-corrected chi connectivity index (χ2v) is 19.9. The maximum absolute atomic E-state index is 12.8. The molecule has 0 bridgehead atoms. The lowest BCUT2D eigenvalue weighted by Crippen LogP contribution is -2.30. The first kappa shape index (κ1) is 62.4. The Morgan fingerprint density at radius 1 is 0.250 bits per heavy atom. The predicted octanol–water partition coefficient (Wildman–Crippen LogP) is 19.2. The van der Waals surface area contributed by atoms with Gasteiger partial charge in [0.05, 0.1) is 0 Å². The fraction of sp³-hybridized carbons (Fsp3) is 0.948. The van der Waals surface area contributed by atoms with E-state index in [2.05, 4.69) is 20.8 Å². The zero-order valence-corrected chi connectivity index (χ0v) is 43.6. The van der Waals surface area contributed by atoms with Gasteiger partial charge in [0.15, 0.2) is 6.10 Å². The summed E-state index contributed by atoms with van der Waals surface area (Å²) in [6.45, 7) is 6.70. The van der Waals surface area contributed by atoms with Gasteiger partial charge in [-0.3, -0.25) is 14.4 Å². The molecule has 0 spiro atoms. The molecule has 0 aromatic heterocycles. The first-order valence-corrected chi connectivity index (χ1v) is 29.0. The van der Waals surface area contributed by atoms with Crippen molar-refractivity contribution in [3.8, 4) is 0 Å². The summed E-state index contributed by atoms with van der Waals surface area (Å²) in [6.07, 6.45) is 59.5. The Hall–Kier alpha value is -1.59. The van der Waals surface area contributed by atoms with Crippen LogP contribution in [0, 0.1) is 0 Å². The maximum atomic E-state index is 12.8. The molecule has 0 saturated carbocycles. The standard InChI is InChI=1S/C58H112O6/c1-4-7-10-13-16-19-22-24-26-28-30-31-33-36-39-42-45-48-51-57(60)63-54-55(53-62-56(59)50-47-44-41-38-35-21-18-15-12-9-6-3)64-58(61)52-49-46-43-40-37-34-32-29-27-25-23-20-17-14-11-8-5-2/h55H,4-54H2,1-3H3. The average Bonchev–Trinajstić information content (AvgIpc) is 3.29. The van der Waals surface area contributed by atoms with Gasteiger partial charge in [0.2, 0.25) is 0 Å². The lowest BCUT2D eigenvalue weighted by Gasteiger charge is -2.18. The van der Waals surface area contributed by atoms with E-state index < -0.39 is 6.10 Å². The van der Waals surface area contributed by atoms with Crippen LogP contribution in [-0.2, 0) is 28.6 Å². The Morgan fingerprint density at radius 2 is 0.422 bits per heavy atom. The number of unbranched alkanes of at least 4 members (excludes halogenated alkanes) is 43. The van der Waals surface area contributed by atoms with Crippen LogP contribution < -0.4 is 0 Å². The molecule has 0 N–H and O–H groups in total. The van der Waals surface area contributed by atoms with Gasteiger partial charge in [0, 0.05) is 19.3 Å². The number of hydrogen-bond acceptors (Lipinski definition) is 6. The Morgan fingerprint density at radius 3 is 0.625 bits per heavy atom. The molecule has 1 unspecified atom stereocenters. The lowest BCUT2D eigenvalue weighted by molar-refractivity contribution is -0.167. The van der Waals surface area contributed by atoms with Gasteiger partial charge in [-0.05, 0) is 19.3 Å². The highest BCUT2D eigenvalue weighted by molar-refractivity contribution is 5.71. The fourth-order valence-electron chi connectivity index (χ4n) is 8.98. The number of rotatable bonds is 54. The van der Waals surface area contributed by atoms with Gasteiger partial charge in [-0.25, -0.2) is 0 Å². The third-order valence-corrected chi connectivity index (χ3v) is 13.4. The highest BCUT2D eigenvalue weighted by Gasteiger charge is 2.19. The fourth-order valence-corrected chi connectivity index (χ4v) is 8.98. The highest BCUT2D eigenvalue weighted by atomic mass is 16.6. The van der Waals surface area contributed by atoms with E-state index in [0.29, 0.717) is 19.3 Å². The Kier molecular flexibility index (Phi) is 52.7. The summed E-state index contributed by atoms with van der Waals surface area (Å²) < 4.78 is 16.9. The Labute approximate surface area is 399 Å². The van der Waals surface area contributed by atoms with Crippen molar-refractivity contribution in [1.29, 1.82) is 0 Å². The van der Waals surface area contributed by atoms with Crippen LogP contribution in [0.1, 0.15) is 335 Å². The largest absolute Gasteiger partial charge is 0.462 e. The smallest absolute Gasteiger partial charge is 0.306 e. The second-order valence-electron chi connectivity index (χ2n) is 19.9. The van der Waals surface area contributed by atoms with Gasteiger partial charge in [-0.15, -0.1) is 0 Å². The molecule has 0 aliphatic rings. The van der Waals surface area contributed by atoms with Gasteiger partial charge < -0.3 is 14.2 Å². The zero-order chi connectivity index (χ0) is 46.5. The summed E-state index contributed by atoms with van der Waals surface area (Å²) in [5.41, 5.74) is 0. The topological polar surface area (TPSA) is 78.9 Å². The zero-order valence-electron chi connectivity index (χ0n) is 43.6. The van der Waals surface area contributed by atoms with Crippen molar-refractivity contribution in [2.24, 2.45) is 0 Å². The molecular weight excluding hydrogens is 793 g/mol. The van der Waals surface area contributed by atoms with Crippen LogP contribution in [0.2, 0.25) is 0 Å². The van der Waals surface area contributed by atoms with Gasteiger partial charge in [0.1, 0.15) is 13.2 Å². The number of ether oxygens (including phenoxy) is 3. The van der Waals surface area contributed by atoms with E-state index in [0.717, 1.165) is 57.8 Å². The number of carbonyl (C=O) groups excluding carboxylic acids is 3. The van der Waals surface area contributed by atoms with Crippen LogP contribution in [0.15, 0.2) is 0 Å². The average molecular weight is 906 g/mol. The molecule has 0 aliphatic carbocycles. The van der Waals surface area contributed by atoms with Crippen molar-refractivity contribution in [1.82, 2.24) is 0 Å². The summed E-state index contributed by atoms with van der Waals surface area (Å²) in [5.74, 6) is -0.833. The summed E-state index contributed by atoms with van der Waals surface area (Å²) in [6, 6.07) is 0. The van der Waals surface area contributed by atoms with Crippen LogP contribution >= 0.6 is 0 Å². The lowest BCUT2D eigenvalue weighted by atomic mass is 10.0. The minimum Gasteiger partial charge on any atom is -0.462 e. The van der Waals surface area contributed by atoms with E-state index >= 15 is 0 Å². The maximum Gasteiger partial charge on any atom is 0.306 e. The molecule has 0 radical (unpaired) electrons. The molecule has 64 heavy (non-hydrogen) atoms. The molecule has 0 aromatic carbocycles. The number of esters is 3. The molecule has 0 aromatic rings. The SMILES string of the molecule is CCCCCCCCCCCCCCCCCCCCC(=O)OCC(COC(=O)CCCCCCCCCCCCC)OC(=O)CCCCCCCCCCCCCCCCCCC. The van der Waals surface area contributed by atoms with Crippen molar-refractivity contribution in [3.05, 3.63) is 0 Å². The van der Waals surface area contributed by atoms with E-state index in [-0.39, 0.29) is 31.1 Å². The number of hydrogen-bond donors (Lipinski definition) is 0. The van der Waals surface area contributed by atoms with Crippen LogP contribution in [0.4, 0.5) is 0 Å². The molecule has 0 heterocycles.